The number of benzene rings is 2. The molecule has 7 rings (SSSR count). The quantitative estimate of drug-likeness (QED) is 0.216. The summed E-state index contributed by atoms with van der Waals surface area (Å²) in [5, 5.41) is 22.9. The number of aromatic nitrogens is 6. The van der Waals surface area contributed by atoms with Crippen molar-refractivity contribution in [1.82, 2.24) is 34.4 Å². The number of nitriles is 1. The highest BCUT2D eigenvalue weighted by atomic mass is 19.1. The monoisotopic (exact) mass is 612 g/mol. The number of likely N-dealkylation sites (tertiary alicyclic amines) is 1. The SMILES string of the molecule is N#Cc1nccc(NC2CCN(Cc3ccc(-n4c(-c5cccnc5N)nc5ccc(-c6ccc(F)cc6O)nc54)cc3)CC2)n1. The van der Waals surface area contributed by atoms with Gasteiger partial charge in [-0.15, -0.1) is 0 Å². The number of nitrogens with one attached hydrogen (secondary N) is 1. The molecule has 2 aromatic carbocycles. The van der Waals surface area contributed by atoms with Gasteiger partial charge in [0.15, 0.2) is 11.5 Å². The molecule has 0 aliphatic carbocycles. The van der Waals surface area contributed by atoms with Gasteiger partial charge in [-0.2, -0.15) is 5.26 Å². The van der Waals surface area contributed by atoms with Crippen LogP contribution in [0.1, 0.15) is 24.2 Å². The van der Waals surface area contributed by atoms with Crippen LogP contribution in [0.4, 0.5) is 16.0 Å². The number of imidazole rings is 1. The lowest BCUT2D eigenvalue weighted by molar-refractivity contribution is 0.211. The molecule has 0 atom stereocenters. The number of pyridine rings is 2. The summed E-state index contributed by atoms with van der Waals surface area (Å²) < 4.78 is 15.6. The van der Waals surface area contributed by atoms with Crippen molar-refractivity contribution in [2.24, 2.45) is 0 Å². The molecule has 6 aromatic rings. The molecule has 5 heterocycles. The van der Waals surface area contributed by atoms with E-state index < -0.39 is 5.82 Å². The van der Waals surface area contributed by atoms with Gasteiger partial charge in [0.25, 0.3) is 0 Å². The molecule has 1 saturated heterocycles. The van der Waals surface area contributed by atoms with Gasteiger partial charge in [0, 0.05) is 55.4 Å². The molecule has 228 valence electrons. The van der Waals surface area contributed by atoms with Gasteiger partial charge >= 0.3 is 0 Å². The van der Waals surface area contributed by atoms with E-state index in [4.69, 9.17) is 21.0 Å². The van der Waals surface area contributed by atoms with Crippen molar-refractivity contribution in [2.75, 3.05) is 24.1 Å². The highest BCUT2D eigenvalue weighted by molar-refractivity contribution is 5.85. The van der Waals surface area contributed by atoms with E-state index >= 15 is 0 Å². The maximum absolute atomic E-state index is 13.7. The zero-order valence-corrected chi connectivity index (χ0v) is 24.7. The van der Waals surface area contributed by atoms with Gasteiger partial charge in [-0.05, 0) is 73.0 Å². The number of nitrogen functional groups attached to an aromatic ring is 1. The van der Waals surface area contributed by atoms with Crippen molar-refractivity contribution in [3.63, 3.8) is 0 Å². The smallest absolute Gasteiger partial charge is 0.234 e. The largest absolute Gasteiger partial charge is 0.507 e. The second-order valence-corrected chi connectivity index (χ2v) is 11.1. The van der Waals surface area contributed by atoms with Crippen LogP contribution < -0.4 is 11.1 Å². The number of aromatic hydroxyl groups is 1. The van der Waals surface area contributed by atoms with Gasteiger partial charge in [-0.1, -0.05) is 12.1 Å². The Morgan fingerprint density at radius 1 is 0.935 bits per heavy atom. The number of phenolic OH excluding ortho intramolecular Hbond substituents is 1. The average Bonchev–Trinajstić information content (AvgIpc) is 3.45. The number of fused-ring (bicyclic) bond motifs is 1. The number of anilines is 2. The van der Waals surface area contributed by atoms with E-state index in [1.165, 1.54) is 17.7 Å². The minimum Gasteiger partial charge on any atom is -0.507 e. The molecular weight excluding hydrogens is 583 g/mol. The fourth-order valence-corrected chi connectivity index (χ4v) is 5.81. The van der Waals surface area contributed by atoms with Gasteiger partial charge in [0.05, 0.1) is 11.3 Å². The van der Waals surface area contributed by atoms with E-state index in [2.05, 4.69) is 37.3 Å². The first-order chi connectivity index (χ1) is 22.4. The Morgan fingerprint density at radius 3 is 2.52 bits per heavy atom. The number of piperidine rings is 1. The molecular formula is C34H29FN10O. The van der Waals surface area contributed by atoms with Crippen molar-refractivity contribution in [3.05, 3.63) is 102 Å². The second kappa shape index (κ2) is 12.2. The van der Waals surface area contributed by atoms with Crippen LogP contribution in [0.25, 0.3) is 39.5 Å². The summed E-state index contributed by atoms with van der Waals surface area (Å²) in [4.78, 5) is 24.6. The molecule has 4 aromatic heterocycles. The second-order valence-electron chi connectivity index (χ2n) is 11.1. The summed E-state index contributed by atoms with van der Waals surface area (Å²) in [5.41, 5.74) is 11.0. The lowest BCUT2D eigenvalue weighted by Gasteiger charge is -2.32. The maximum atomic E-state index is 13.7. The minimum atomic E-state index is -0.528. The van der Waals surface area contributed by atoms with Crippen molar-refractivity contribution in [2.45, 2.75) is 25.4 Å². The fraction of sp³-hybridized carbons (Fsp3) is 0.176. The molecule has 1 fully saturated rings. The number of hydrogen-bond donors (Lipinski definition) is 3. The lowest BCUT2D eigenvalue weighted by atomic mass is 10.0. The molecule has 0 unspecified atom stereocenters. The summed E-state index contributed by atoms with van der Waals surface area (Å²) in [6.45, 7) is 2.66. The molecule has 12 heteroatoms. The van der Waals surface area contributed by atoms with Crippen molar-refractivity contribution < 1.29 is 9.50 Å². The van der Waals surface area contributed by atoms with Gasteiger partial charge in [-0.3, -0.25) is 9.47 Å². The highest BCUT2D eigenvalue weighted by Gasteiger charge is 2.22. The van der Waals surface area contributed by atoms with E-state index in [-0.39, 0.29) is 17.6 Å². The van der Waals surface area contributed by atoms with Crippen LogP contribution in [0.15, 0.2) is 85.2 Å². The third-order valence-electron chi connectivity index (χ3n) is 8.12. The summed E-state index contributed by atoms with van der Waals surface area (Å²) in [5.74, 6) is 1.04. The highest BCUT2D eigenvalue weighted by Crippen LogP contribution is 2.34. The number of nitrogens with two attached hydrogens (primary N) is 1. The Kier molecular flexibility index (Phi) is 7.66. The minimum absolute atomic E-state index is 0.161. The van der Waals surface area contributed by atoms with Crippen LogP contribution >= 0.6 is 0 Å². The van der Waals surface area contributed by atoms with Crippen LogP contribution in [-0.2, 0) is 6.54 Å². The predicted molar refractivity (Wildman–Crippen MR) is 172 cm³/mol. The number of hydrogen-bond acceptors (Lipinski definition) is 10. The Balaban J connectivity index is 1.14. The van der Waals surface area contributed by atoms with Crippen LogP contribution in [0.2, 0.25) is 0 Å². The van der Waals surface area contributed by atoms with Gasteiger partial charge in [-0.25, -0.2) is 29.3 Å². The van der Waals surface area contributed by atoms with Crippen LogP contribution in [-0.4, -0.2) is 58.6 Å². The molecule has 0 saturated carbocycles. The average molecular weight is 613 g/mol. The zero-order valence-electron chi connectivity index (χ0n) is 24.7. The molecule has 0 radical (unpaired) electrons. The summed E-state index contributed by atoms with van der Waals surface area (Å²) in [6.07, 6.45) is 5.14. The third-order valence-corrected chi connectivity index (χ3v) is 8.12. The number of nitrogens with zero attached hydrogens (tertiary/aromatic N) is 8. The lowest BCUT2D eigenvalue weighted by Crippen LogP contribution is -2.38. The zero-order chi connectivity index (χ0) is 31.6. The fourth-order valence-electron chi connectivity index (χ4n) is 5.81. The molecule has 0 spiro atoms. The van der Waals surface area contributed by atoms with Crippen molar-refractivity contribution in [3.8, 4) is 40.2 Å². The van der Waals surface area contributed by atoms with E-state index in [0.717, 1.165) is 44.2 Å². The van der Waals surface area contributed by atoms with Gasteiger partial charge in [0.2, 0.25) is 5.82 Å². The molecule has 46 heavy (non-hydrogen) atoms. The van der Waals surface area contributed by atoms with E-state index in [9.17, 15) is 9.50 Å². The van der Waals surface area contributed by atoms with Crippen LogP contribution in [0, 0.1) is 17.1 Å². The Labute approximate surface area is 263 Å². The van der Waals surface area contributed by atoms with Crippen LogP contribution in [0.3, 0.4) is 0 Å². The topological polar surface area (TPSA) is 155 Å². The summed E-state index contributed by atoms with van der Waals surface area (Å²) in [7, 11) is 0. The molecule has 0 bridgehead atoms. The predicted octanol–water partition coefficient (Wildman–Crippen LogP) is 5.31. The Hall–Kier alpha value is -5.93. The molecule has 1 aliphatic rings. The normalized spacial score (nSPS) is 13.9. The first kappa shape index (κ1) is 28.8. The number of rotatable bonds is 7. The van der Waals surface area contributed by atoms with E-state index in [1.54, 1.807) is 24.5 Å². The van der Waals surface area contributed by atoms with Gasteiger partial charge in [0.1, 0.15) is 34.8 Å². The van der Waals surface area contributed by atoms with Crippen molar-refractivity contribution >= 4 is 22.8 Å². The summed E-state index contributed by atoms with van der Waals surface area (Å²) in [6, 6.07) is 23.4. The van der Waals surface area contributed by atoms with Crippen molar-refractivity contribution in [1.29, 1.82) is 5.26 Å². The molecule has 0 amide bonds. The first-order valence-electron chi connectivity index (χ1n) is 14.9. The molecule has 4 N–H and O–H groups in total. The van der Waals surface area contributed by atoms with Crippen LogP contribution in [0.5, 0.6) is 5.75 Å². The standard InChI is InChI=1S/C34H29FN10O/c35-22-5-8-25(29(46)18-22)27-9-10-28-34(41-27)45(33(42-28)26-2-1-14-39-32(26)37)24-6-3-21(4-7-24)20-44-16-12-23(13-17-44)40-30-11-15-38-31(19-36)43-30/h1-11,14-15,18,23,46H,12-13,16-17,20H2,(H2,37,39)(H,38,40,43). The van der Waals surface area contributed by atoms with Gasteiger partial charge < -0.3 is 16.2 Å². The number of halogens is 1. The Bertz CT molecular complexity index is 2080. The third kappa shape index (κ3) is 5.79. The summed E-state index contributed by atoms with van der Waals surface area (Å²) >= 11 is 0. The van der Waals surface area contributed by atoms with E-state index in [1.807, 2.05) is 41.0 Å². The molecule has 11 nitrogen and oxygen atoms in total. The Morgan fingerprint density at radius 2 is 1.76 bits per heavy atom. The maximum Gasteiger partial charge on any atom is 0.234 e. The van der Waals surface area contributed by atoms with E-state index in [0.29, 0.717) is 45.4 Å². The number of phenols is 1. The first-order valence-corrected chi connectivity index (χ1v) is 14.9. The molecule has 1 aliphatic heterocycles.